The summed E-state index contributed by atoms with van der Waals surface area (Å²) in [6, 6.07) is 34.0. The fourth-order valence-electron chi connectivity index (χ4n) is 4.70. The highest BCUT2D eigenvalue weighted by Crippen LogP contribution is 2.42. The van der Waals surface area contributed by atoms with Crippen LogP contribution in [0.4, 0.5) is 11.4 Å². The number of hydrogen-bond acceptors (Lipinski definition) is 1. The van der Waals surface area contributed by atoms with Crippen molar-refractivity contribution in [1.29, 1.82) is 0 Å². The number of rotatable bonds is 4. The highest BCUT2D eigenvalue weighted by atomic mass is 35.5. The van der Waals surface area contributed by atoms with Gasteiger partial charge in [0.2, 0.25) is 0 Å². The molecule has 0 atom stereocenters. The Labute approximate surface area is 203 Å². The number of fused-ring (bicyclic) bond motifs is 2. The smallest absolute Gasteiger partial charge is 0.263 e. The molecule has 0 radical (unpaired) electrons. The molecule has 0 saturated carbocycles. The number of benzene rings is 4. The number of amides is 1. The molecule has 0 saturated heterocycles. The standard InChI is InChI=1S/C30H21ClN2O/c31-27-15-7-4-10-21(27)19-32-20-22(24-13-5-8-16-28(24)32)18-26-25-14-6-9-17-29(25)33(30(26)34)23-11-2-1-3-12-23/h1-18,20H,19H2/b26-18+. The fraction of sp³-hybridized carbons (Fsp3) is 0.0333. The highest BCUT2D eigenvalue weighted by Gasteiger charge is 2.33. The number of carbonyl (C=O) groups excluding carboxylic acids is 1. The SMILES string of the molecule is O=C1/C(=C/c2cn(Cc3ccccc3Cl)c3ccccc23)c2ccccc2N1c1ccccc1. The minimum atomic E-state index is -0.0182. The van der Waals surface area contributed by atoms with Crippen LogP contribution >= 0.6 is 11.6 Å². The van der Waals surface area contributed by atoms with E-state index in [1.54, 1.807) is 4.90 Å². The van der Waals surface area contributed by atoms with E-state index in [1.807, 2.05) is 97.1 Å². The molecule has 0 fully saturated rings. The van der Waals surface area contributed by atoms with Crippen LogP contribution in [0.2, 0.25) is 5.02 Å². The molecule has 3 nitrogen and oxygen atoms in total. The topological polar surface area (TPSA) is 25.2 Å². The van der Waals surface area contributed by atoms with Gasteiger partial charge < -0.3 is 4.57 Å². The second-order valence-electron chi connectivity index (χ2n) is 8.37. The molecule has 0 N–H and O–H groups in total. The lowest BCUT2D eigenvalue weighted by Crippen LogP contribution is -2.20. The van der Waals surface area contributed by atoms with Crippen LogP contribution in [0.15, 0.2) is 109 Å². The zero-order valence-corrected chi connectivity index (χ0v) is 19.1. The molecule has 1 aromatic heterocycles. The van der Waals surface area contributed by atoms with Gasteiger partial charge in [-0.25, -0.2) is 0 Å². The number of carbonyl (C=O) groups is 1. The Bertz CT molecular complexity index is 1570. The summed E-state index contributed by atoms with van der Waals surface area (Å²) < 4.78 is 2.20. The molecular weight excluding hydrogens is 440 g/mol. The number of para-hydroxylation sites is 3. The van der Waals surface area contributed by atoms with E-state index in [0.717, 1.165) is 44.0 Å². The number of aromatic nitrogens is 1. The van der Waals surface area contributed by atoms with Gasteiger partial charge in [0, 0.05) is 45.5 Å². The summed E-state index contributed by atoms with van der Waals surface area (Å²) in [6.45, 7) is 0.657. The fourth-order valence-corrected chi connectivity index (χ4v) is 4.90. The van der Waals surface area contributed by atoms with Crippen molar-refractivity contribution in [2.24, 2.45) is 0 Å². The van der Waals surface area contributed by atoms with Gasteiger partial charge in [0.1, 0.15) is 0 Å². The van der Waals surface area contributed by atoms with Gasteiger partial charge in [0.15, 0.2) is 0 Å². The molecule has 0 unspecified atom stereocenters. The van der Waals surface area contributed by atoms with Gasteiger partial charge >= 0.3 is 0 Å². The number of anilines is 2. The molecule has 0 aliphatic carbocycles. The van der Waals surface area contributed by atoms with E-state index >= 15 is 0 Å². The molecule has 0 spiro atoms. The van der Waals surface area contributed by atoms with Crippen molar-refractivity contribution >= 4 is 51.4 Å². The molecule has 164 valence electrons. The van der Waals surface area contributed by atoms with E-state index < -0.39 is 0 Å². The van der Waals surface area contributed by atoms with Crippen LogP contribution in [0.25, 0.3) is 22.6 Å². The maximum atomic E-state index is 13.7. The minimum absolute atomic E-state index is 0.0182. The number of halogens is 1. The third kappa shape index (κ3) is 3.42. The number of nitrogens with zero attached hydrogens (tertiary/aromatic N) is 2. The van der Waals surface area contributed by atoms with E-state index in [1.165, 1.54) is 0 Å². The van der Waals surface area contributed by atoms with Crippen molar-refractivity contribution < 1.29 is 4.79 Å². The molecule has 6 rings (SSSR count). The highest BCUT2D eigenvalue weighted by molar-refractivity contribution is 6.38. The molecule has 0 bridgehead atoms. The molecule has 1 aliphatic heterocycles. The van der Waals surface area contributed by atoms with Crippen molar-refractivity contribution in [3.05, 3.63) is 131 Å². The quantitative estimate of drug-likeness (QED) is 0.254. The Hall–Kier alpha value is -4.08. The lowest BCUT2D eigenvalue weighted by atomic mass is 10.0. The summed E-state index contributed by atoms with van der Waals surface area (Å²) in [5.74, 6) is -0.0182. The molecule has 2 heterocycles. The zero-order chi connectivity index (χ0) is 23.1. The lowest BCUT2D eigenvalue weighted by molar-refractivity contribution is -0.112. The van der Waals surface area contributed by atoms with Crippen molar-refractivity contribution in [3.8, 4) is 0 Å². The Morgan fingerprint density at radius 2 is 1.47 bits per heavy atom. The first kappa shape index (κ1) is 20.5. The zero-order valence-electron chi connectivity index (χ0n) is 18.4. The van der Waals surface area contributed by atoms with E-state index in [-0.39, 0.29) is 5.91 Å². The summed E-state index contributed by atoms with van der Waals surface area (Å²) >= 11 is 6.44. The van der Waals surface area contributed by atoms with Crippen LogP contribution < -0.4 is 4.90 Å². The summed E-state index contributed by atoms with van der Waals surface area (Å²) in [5.41, 5.74) is 6.58. The monoisotopic (exact) mass is 460 g/mol. The molecular formula is C30H21ClN2O. The summed E-state index contributed by atoms with van der Waals surface area (Å²) in [4.78, 5) is 15.5. The van der Waals surface area contributed by atoms with Crippen LogP contribution in [0.5, 0.6) is 0 Å². The largest absolute Gasteiger partial charge is 0.342 e. The second-order valence-corrected chi connectivity index (χ2v) is 8.78. The van der Waals surface area contributed by atoms with Crippen molar-refractivity contribution in [2.45, 2.75) is 6.54 Å². The van der Waals surface area contributed by atoms with Gasteiger partial charge in [-0.1, -0.05) is 84.4 Å². The van der Waals surface area contributed by atoms with Crippen LogP contribution in [-0.2, 0) is 11.3 Å². The predicted octanol–water partition coefficient (Wildman–Crippen LogP) is 7.56. The van der Waals surface area contributed by atoms with Crippen LogP contribution in [0.3, 0.4) is 0 Å². The summed E-state index contributed by atoms with van der Waals surface area (Å²) in [5, 5.41) is 1.85. The first-order valence-electron chi connectivity index (χ1n) is 11.2. The van der Waals surface area contributed by atoms with Crippen LogP contribution in [0.1, 0.15) is 16.7 Å². The third-order valence-corrected chi connectivity index (χ3v) is 6.67. The van der Waals surface area contributed by atoms with Gasteiger partial charge in [0.25, 0.3) is 5.91 Å². The summed E-state index contributed by atoms with van der Waals surface area (Å²) in [6.07, 6.45) is 4.14. The first-order chi connectivity index (χ1) is 16.7. The summed E-state index contributed by atoms with van der Waals surface area (Å²) in [7, 11) is 0. The molecule has 4 heteroatoms. The maximum absolute atomic E-state index is 13.7. The lowest BCUT2D eigenvalue weighted by Gasteiger charge is -2.16. The van der Waals surface area contributed by atoms with Crippen molar-refractivity contribution in [3.63, 3.8) is 0 Å². The van der Waals surface area contributed by atoms with Crippen LogP contribution in [-0.4, -0.2) is 10.5 Å². The number of hydrogen-bond donors (Lipinski definition) is 0. The van der Waals surface area contributed by atoms with E-state index in [2.05, 4.69) is 22.9 Å². The van der Waals surface area contributed by atoms with Crippen LogP contribution in [0, 0.1) is 0 Å². The maximum Gasteiger partial charge on any atom is 0.263 e. The Balaban J connectivity index is 1.48. The average Bonchev–Trinajstić information content (AvgIpc) is 3.36. The van der Waals surface area contributed by atoms with Gasteiger partial charge in [-0.05, 0) is 42.0 Å². The molecule has 1 aliphatic rings. The normalized spacial score (nSPS) is 14.2. The van der Waals surface area contributed by atoms with Crippen molar-refractivity contribution in [2.75, 3.05) is 4.90 Å². The molecule has 5 aromatic rings. The van der Waals surface area contributed by atoms with Gasteiger partial charge in [-0.3, -0.25) is 9.69 Å². The molecule has 4 aromatic carbocycles. The minimum Gasteiger partial charge on any atom is -0.342 e. The van der Waals surface area contributed by atoms with Gasteiger partial charge in [-0.2, -0.15) is 0 Å². The Morgan fingerprint density at radius 1 is 0.765 bits per heavy atom. The molecule has 34 heavy (non-hydrogen) atoms. The van der Waals surface area contributed by atoms with E-state index in [4.69, 9.17) is 11.6 Å². The van der Waals surface area contributed by atoms with Gasteiger partial charge in [0.05, 0.1) is 11.3 Å². The Kier molecular flexibility index (Phi) is 5.05. The predicted molar refractivity (Wildman–Crippen MR) is 140 cm³/mol. The second kappa shape index (κ2) is 8.36. The van der Waals surface area contributed by atoms with Crippen molar-refractivity contribution in [1.82, 2.24) is 4.57 Å². The molecule has 1 amide bonds. The van der Waals surface area contributed by atoms with E-state index in [9.17, 15) is 4.79 Å². The van der Waals surface area contributed by atoms with Gasteiger partial charge in [-0.15, -0.1) is 0 Å². The third-order valence-electron chi connectivity index (χ3n) is 6.30. The average molecular weight is 461 g/mol. The first-order valence-corrected chi connectivity index (χ1v) is 11.6. The Morgan fingerprint density at radius 3 is 2.32 bits per heavy atom. The van der Waals surface area contributed by atoms with E-state index in [0.29, 0.717) is 12.1 Å².